The summed E-state index contributed by atoms with van der Waals surface area (Å²) in [6, 6.07) is 0. The fraction of sp³-hybridized carbons (Fsp3) is 0.600. The molecule has 1 heterocycles. The molecule has 1 rings (SSSR count). The van der Waals surface area contributed by atoms with E-state index in [0.717, 1.165) is 0 Å². The van der Waals surface area contributed by atoms with Crippen LogP contribution < -0.4 is 0 Å². The predicted octanol–water partition coefficient (Wildman–Crippen LogP) is 0.0961. The number of H-pyrrole nitrogens is 1. The minimum atomic E-state index is -0.442. The fourth-order valence-corrected chi connectivity index (χ4v) is 0.648. The van der Waals surface area contributed by atoms with Gasteiger partial charge in [-0.25, -0.2) is 4.98 Å². The Morgan fingerprint density at radius 1 is 1.50 bits per heavy atom. The molecule has 0 unspecified atom stereocenters. The van der Waals surface area contributed by atoms with Gasteiger partial charge in [0.1, 0.15) is 6.33 Å². The first-order valence-corrected chi connectivity index (χ1v) is 2.79. The average molecular weight is 143 g/mol. The Kier molecular flexibility index (Phi) is 2.35. The van der Waals surface area contributed by atoms with Crippen molar-refractivity contribution in [2.75, 3.05) is 14.2 Å². The zero-order valence-electron chi connectivity index (χ0n) is 5.87. The summed E-state index contributed by atoms with van der Waals surface area (Å²) in [5.41, 5.74) is 0. The van der Waals surface area contributed by atoms with E-state index in [9.17, 15) is 0 Å². The second-order valence-corrected chi connectivity index (χ2v) is 1.67. The van der Waals surface area contributed by atoms with Crippen LogP contribution in [0.2, 0.25) is 0 Å². The molecular weight excluding hydrogens is 134 g/mol. The van der Waals surface area contributed by atoms with Gasteiger partial charge < -0.3 is 9.47 Å². The molecule has 0 saturated heterocycles. The van der Waals surface area contributed by atoms with Gasteiger partial charge in [-0.15, -0.1) is 0 Å². The van der Waals surface area contributed by atoms with Crippen LogP contribution in [-0.4, -0.2) is 29.4 Å². The minimum Gasteiger partial charge on any atom is -0.349 e. The van der Waals surface area contributed by atoms with E-state index < -0.39 is 6.29 Å². The molecule has 1 aromatic rings. The smallest absolute Gasteiger partial charge is 0.218 e. The predicted molar refractivity (Wildman–Crippen MR) is 33.1 cm³/mol. The molecule has 0 atom stereocenters. The molecule has 56 valence electrons. The summed E-state index contributed by atoms with van der Waals surface area (Å²) in [6.07, 6.45) is 0.961. The Morgan fingerprint density at radius 3 is 2.60 bits per heavy atom. The van der Waals surface area contributed by atoms with E-state index in [1.54, 1.807) is 0 Å². The van der Waals surface area contributed by atoms with Crippen LogP contribution in [-0.2, 0) is 9.47 Å². The Labute approximate surface area is 58.4 Å². The van der Waals surface area contributed by atoms with Gasteiger partial charge in [0, 0.05) is 14.2 Å². The first-order chi connectivity index (χ1) is 4.88. The molecule has 0 radical (unpaired) electrons. The van der Waals surface area contributed by atoms with Gasteiger partial charge in [-0.3, -0.25) is 5.10 Å². The number of methoxy groups -OCH3 is 2. The quantitative estimate of drug-likeness (QED) is 0.609. The van der Waals surface area contributed by atoms with Crippen molar-refractivity contribution in [1.82, 2.24) is 15.2 Å². The van der Waals surface area contributed by atoms with Gasteiger partial charge in [0.15, 0.2) is 5.82 Å². The molecule has 5 nitrogen and oxygen atoms in total. The molecule has 0 saturated carbocycles. The maximum absolute atomic E-state index is 4.89. The second kappa shape index (κ2) is 3.28. The number of hydrogen-bond donors (Lipinski definition) is 1. The van der Waals surface area contributed by atoms with Crippen molar-refractivity contribution >= 4 is 0 Å². The topological polar surface area (TPSA) is 60.0 Å². The SMILES string of the molecule is COC(OC)c1ncn[nH]1. The first kappa shape index (κ1) is 7.17. The molecule has 0 aliphatic heterocycles. The van der Waals surface area contributed by atoms with Gasteiger partial charge >= 0.3 is 0 Å². The van der Waals surface area contributed by atoms with Crippen LogP contribution in [0.25, 0.3) is 0 Å². The van der Waals surface area contributed by atoms with E-state index in [4.69, 9.17) is 9.47 Å². The maximum Gasteiger partial charge on any atom is 0.218 e. The molecule has 0 spiro atoms. The van der Waals surface area contributed by atoms with Crippen LogP contribution >= 0.6 is 0 Å². The lowest BCUT2D eigenvalue weighted by atomic mass is 10.6. The van der Waals surface area contributed by atoms with Crippen molar-refractivity contribution in [2.45, 2.75) is 6.29 Å². The van der Waals surface area contributed by atoms with Crippen LogP contribution in [0.5, 0.6) is 0 Å². The third-order valence-electron chi connectivity index (χ3n) is 1.09. The number of hydrogen-bond acceptors (Lipinski definition) is 4. The lowest BCUT2D eigenvalue weighted by Gasteiger charge is -2.08. The summed E-state index contributed by atoms with van der Waals surface area (Å²) < 4.78 is 9.78. The maximum atomic E-state index is 4.89. The molecule has 10 heavy (non-hydrogen) atoms. The van der Waals surface area contributed by atoms with E-state index in [2.05, 4.69) is 15.2 Å². The van der Waals surface area contributed by atoms with E-state index in [1.807, 2.05) is 0 Å². The highest BCUT2D eigenvalue weighted by atomic mass is 16.7. The number of aromatic amines is 1. The van der Waals surface area contributed by atoms with Gasteiger partial charge in [0.05, 0.1) is 0 Å². The largest absolute Gasteiger partial charge is 0.349 e. The van der Waals surface area contributed by atoms with E-state index >= 15 is 0 Å². The molecular formula is C5H9N3O2. The van der Waals surface area contributed by atoms with Crippen molar-refractivity contribution in [1.29, 1.82) is 0 Å². The Balaban J connectivity index is 2.64. The molecule has 5 heteroatoms. The van der Waals surface area contributed by atoms with Crippen molar-refractivity contribution < 1.29 is 9.47 Å². The summed E-state index contributed by atoms with van der Waals surface area (Å²) >= 11 is 0. The number of ether oxygens (including phenoxy) is 2. The summed E-state index contributed by atoms with van der Waals surface area (Å²) in [5.74, 6) is 0.574. The van der Waals surface area contributed by atoms with Crippen LogP contribution in [0, 0.1) is 0 Å². The first-order valence-electron chi connectivity index (χ1n) is 2.79. The van der Waals surface area contributed by atoms with Crippen LogP contribution in [0.3, 0.4) is 0 Å². The summed E-state index contributed by atoms with van der Waals surface area (Å²) in [4.78, 5) is 3.84. The number of aromatic nitrogens is 3. The molecule has 1 aromatic heterocycles. The van der Waals surface area contributed by atoms with Gasteiger partial charge in [-0.05, 0) is 0 Å². The normalized spacial score (nSPS) is 10.7. The molecule has 0 aliphatic carbocycles. The monoisotopic (exact) mass is 143 g/mol. The van der Waals surface area contributed by atoms with E-state index in [-0.39, 0.29) is 0 Å². The van der Waals surface area contributed by atoms with Crippen molar-refractivity contribution in [3.05, 3.63) is 12.2 Å². The molecule has 0 amide bonds. The highest BCUT2D eigenvalue weighted by Crippen LogP contribution is 2.09. The van der Waals surface area contributed by atoms with Crippen LogP contribution in [0.1, 0.15) is 12.1 Å². The fourth-order valence-electron chi connectivity index (χ4n) is 0.648. The lowest BCUT2D eigenvalue weighted by molar-refractivity contribution is -0.111. The summed E-state index contributed by atoms with van der Waals surface area (Å²) in [5, 5.41) is 6.27. The van der Waals surface area contributed by atoms with Crippen LogP contribution in [0.4, 0.5) is 0 Å². The Hall–Kier alpha value is -0.940. The van der Waals surface area contributed by atoms with Crippen LogP contribution in [0.15, 0.2) is 6.33 Å². The Morgan fingerprint density at radius 2 is 2.20 bits per heavy atom. The zero-order valence-corrected chi connectivity index (χ0v) is 5.87. The van der Waals surface area contributed by atoms with Crippen molar-refractivity contribution in [3.63, 3.8) is 0 Å². The zero-order chi connectivity index (χ0) is 7.40. The summed E-state index contributed by atoms with van der Waals surface area (Å²) in [7, 11) is 3.08. The minimum absolute atomic E-state index is 0.442. The average Bonchev–Trinajstić information content (AvgIpc) is 2.43. The highest BCUT2D eigenvalue weighted by molar-refractivity contribution is 4.81. The Bertz CT molecular complexity index is 171. The third-order valence-corrected chi connectivity index (χ3v) is 1.09. The molecule has 0 aliphatic rings. The van der Waals surface area contributed by atoms with Crippen molar-refractivity contribution in [3.8, 4) is 0 Å². The highest BCUT2D eigenvalue weighted by Gasteiger charge is 2.10. The van der Waals surface area contributed by atoms with Crippen molar-refractivity contribution in [2.24, 2.45) is 0 Å². The standard InChI is InChI=1S/C5H9N3O2/c1-9-5(10-2)4-6-3-7-8-4/h3,5H,1-2H3,(H,6,7,8). The van der Waals surface area contributed by atoms with Gasteiger partial charge in [0.25, 0.3) is 0 Å². The summed E-state index contributed by atoms with van der Waals surface area (Å²) in [6.45, 7) is 0. The number of rotatable bonds is 3. The molecule has 1 N–H and O–H groups in total. The number of nitrogens with one attached hydrogen (secondary N) is 1. The second-order valence-electron chi connectivity index (χ2n) is 1.67. The molecule has 0 fully saturated rings. The third kappa shape index (κ3) is 1.31. The van der Waals surface area contributed by atoms with Gasteiger partial charge in [-0.1, -0.05) is 0 Å². The van der Waals surface area contributed by atoms with E-state index in [0.29, 0.717) is 5.82 Å². The van der Waals surface area contributed by atoms with E-state index in [1.165, 1.54) is 20.5 Å². The number of nitrogens with zero attached hydrogens (tertiary/aromatic N) is 2. The van der Waals surface area contributed by atoms with Gasteiger partial charge in [0.2, 0.25) is 6.29 Å². The molecule has 0 bridgehead atoms. The molecule has 0 aromatic carbocycles. The van der Waals surface area contributed by atoms with Gasteiger partial charge in [-0.2, -0.15) is 5.10 Å². The lowest BCUT2D eigenvalue weighted by Crippen LogP contribution is -2.05.